The summed E-state index contributed by atoms with van der Waals surface area (Å²) in [5, 5.41) is 11.8. The van der Waals surface area contributed by atoms with E-state index in [0.29, 0.717) is 17.7 Å². The fraction of sp³-hybridized carbons (Fsp3) is 0.417. The van der Waals surface area contributed by atoms with Crippen LogP contribution in [-0.2, 0) is 10.0 Å². The molecule has 1 aromatic carbocycles. The molecular formula is C12H18N2O4S. The van der Waals surface area contributed by atoms with Crippen LogP contribution in [0.4, 0.5) is 0 Å². The first-order valence-corrected chi connectivity index (χ1v) is 7.56. The summed E-state index contributed by atoms with van der Waals surface area (Å²) in [6, 6.07) is 4.39. The monoisotopic (exact) mass is 286 g/mol. The Balaban J connectivity index is 2.57. The molecule has 106 valence electrons. The zero-order valence-electron chi connectivity index (χ0n) is 10.9. The minimum absolute atomic E-state index is 0.0362. The van der Waals surface area contributed by atoms with Gasteiger partial charge in [0, 0.05) is 18.7 Å². The number of carbonyl (C=O) groups is 1. The van der Waals surface area contributed by atoms with Gasteiger partial charge in [-0.15, -0.1) is 0 Å². The SMILES string of the molecule is CCNS(=O)(=O)CCNC(=O)c1ccc(O)cc1C. The molecule has 0 aliphatic rings. The summed E-state index contributed by atoms with van der Waals surface area (Å²) in [5.41, 5.74) is 1.05. The molecule has 0 atom stereocenters. The summed E-state index contributed by atoms with van der Waals surface area (Å²) in [5.74, 6) is -0.433. The maximum atomic E-state index is 11.8. The van der Waals surface area contributed by atoms with Gasteiger partial charge in [-0.25, -0.2) is 13.1 Å². The van der Waals surface area contributed by atoms with Gasteiger partial charge in [0.25, 0.3) is 5.91 Å². The molecule has 0 aromatic heterocycles. The van der Waals surface area contributed by atoms with Crippen LogP contribution in [0.2, 0.25) is 0 Å². The first-order chi connectivity index (χ1) is 8.85. The average Bonchev–Trinajstić information content (AvgIpc) is 2.28. The topological polar surface area (TPSA) is 95.5 Å². The van der Waals surface area contributed by atoms with E-state index in [1.54, 1.807) is 13.8 Å². The van der Waals surface area contributed by atoms with Crippen LogP contribution in [0.25, 0.3) is 0 Å². The lowest BCUT2D eigenvalue weighted by molar-refractivity contribution is 0.0955. The van der Waals surface area contributed by atoms with Crippen molar-refractivity contribution in [3.05, 3.63) is 29.3 Å². The fourth-order valence-electron chi connectivity index (χ4n) is 1.59. The van der Waals surface area contributed by atoms with E-state index >= 15 is 0 Å². The summed E-state index contributed by atoms with van der Waals surface area (Å²) in [7, 11) is -3.33. The molecule has 3 N–H and O–H groups in total. The lowest BCUT2D eigenvalue weighted by Gasteiger charge is -2.08. The third-order valence-corrected chi connectivity index (χ3v) is 3.95. The van der Waals surface area contributed by atoms with Crippen molar-refractivity contribution in [3.8, 4) is 5.75 Å². The van der Waals surface area contributed by atoms with Crippen molar-refractivity contribution < 1.29 is 18.3 Å². The standard InChI is InChI=1S/C12H18N2O4S/c1-3-14-19(17,18)7-6-13-12(16)11-5-4-10(15)8-9(11)2/h4-5,8,14-15H,3,6-7H2,1-2H3,(H,13,16). The Kier molecular flexibility index (Phi) is 5.31. The second kappa shape index (κ2) is 6.53. The summed E-state index contributed by atoms with van der Waals surface area (Å²) in [6.07, 6.45) is 0. The van der Waals surface area contributed by atoms with Crippen LogP contribution in [0.1, 0.15) is 22.8 Å². The van der Waals surface area contributed by atoms with E-state index in [2.05, 4.69) is 10.0 Å². The summed E-state index contributed by atoms with van der Waals surface area (Å²) in [6.45, 7) is 3.75. The number of amides is 1. The summed E-state index contributed by atoms with van der Waals surface area (Å²) in [4.78, 5) is 11.8. The zero-order chi connectivity index (χ0) is 14.5. The second-order valence-corrected chi connectivity index (χ2v) is 6.00. The first kappa shape index (κ1) is 15.5. The maximum absolute atomic E-state index is 11.8. The average molecular weight is 286 g/mol. The molecule has 1 rings (SSSR count). The van der Waals surface area contributed by atoms with Gasteiger partial charge in [-0.3, -0.25) is 4.79 Å². The molecule has 0 saturated carbocycles. The molecule has 1 aromatic rings. The van der Waals surface area contributed by atoms with Gasteiger partial charge in [0.1, 0.15) is 5.75 Å². The van der Waals surface area contributed by atoms with Crippen LogP contribution in [0, 0.1) is 6.92 Å². The van der Waals surface area contributed by atoms with Crippen molar-refractivity contribution in [2.75, 3.05) is 18.8 Å². The summed E-state index contributed by atoms with van der Waals surface area (Å²) < 4.78 is 25.1. The van der Waals surface area contributed by atoms with Crippen LogP contribution in [0.3, 0.4) is 0 Å². The highest BCUT2D eigenvalue weighted by molar-refractivity contribution is 7.89. The predicted molar refractivity (Wildman–Crippen MR) is 72.6 cm³/mol. The van der Waals surface area contributed by atoms with E-state index in [1.807, 2.05) is 0 Å². The fourth-order valence-corrected chi connectivity index (χ4v) is 2.54. The summed E-state index contributed by atoms with van der Waals surface area (Å²) >= 11 is 0. The Bertz CT molecular complexity index is 555. The van der Waals surface area contributed by atoms with Crippen molar-refractivity contribution >= 4 is 15.9 Å². The van der Waals surface area contributed by atoms with Crippen LogP contribution in [0.15, 0.2) is 18.2 Å². The first-order valence-electron chi connectivity index (χ1n) is 5.91. The number of phenols is 1. The molecule has 0 bridgehead atoms. The van der Waals surface area contributed by atoms with Crippen molar-refractivity contribution in [3.63, 3.8) is 0 Å². The van der Waals surface area contributed by atoms with Crippen molar-refractivity contribution in [2.45, 2.75) is 13.8 Å². The van der Waals surface area contributed by atoms with E-state index < -0.39 is 10.0 Å². The Morgan fingerprint density at radius 1 is 1.37 bits per heavy atom. The molecular weight excluding hydrogens is 268 g/mol. The number of aryl methyl sites for hydroxylation is 1. The number of hydrogen-bond acceptors (Lipinski definition) is 4. The molecule has 0 aliphatic heterocycles. The minimum atomic E-state index is -3.33. The van der Waals surface area contributed by atoms with Gasteiger partial charge in [-0.2, -0.15) is 0 Å². The molecule has 7 heteroatoms. The van der Waals surface area contributed by atoms with Gasteiger partial charge < -0.3 is 10.4 Å². The third-order valence-electron chi connectivity index (χ3n) is 2.48. The maximum Gasteiger partial charge on any atom is 0.251 e. The van der Waals surface area contributed by atoms with Crippen LogP contribution < -0.4 is 10.0 Å². The van der Waals surface area contributed by atoms with Crippen LogP contribution >= 0.6 is 0 Å². The smallest absolute Gasteiger partial charge is 0.251 e. The van der Waals surface area contributed by atoms with Crippen molar-refractivity contribution in [1.29, 1.82) is 0 Å². The minimum Gasteiger partial charge on any atom is -0.508 e. The van der Waals surface area contributed by atoms with Crippen molar-refractivity contribution in [2.24, 2.45) is 0 Å². The molecule has 6 nitrogen and oxygen atoms in total. The number of phenolic OH excluding ortho intramolecular Hbond substituents is 1. The molecule has 0 unspecified atom stereocenters. The molecule has 0 heterocycles. The number of sulfonamides is 1. The highest BCUT2D eigenvalue weighted by atomic mass is 32.2. The van der Waals surface area contributed by atoms with E-state index in [9.17, 15) is 18.3 Å². The van der Waals surface area contributed by atoms with E-state index in [-0.39, 0.29) is 24.0 Å². The number of hydrogen-bond donors (Lipinski definition) is 3. The van der Waals surface area contributed by atoms with E-state index in [4.69, 9.17) is 0 Å². The number of nitrogens with one attached hydrogen (secondary N) is 2. The zero-order valence-corrected chi connectivity index (χ0v) is 11.8. The number of rotatable bonds is 6. The van der Waals surface area contributed by atoms with E-state index in [0.717, 1.165) is 0 Å². The van der Waals surface area contributed by atoms with E-state index in [1.165, 1.54) is 18.2 Å². The van der Waals surface area contributed by atoms with Crippen LogP contribution in [0.5, 0.6) is 5.75 Å². The molecule has 19 heavy (non-hydrogen) atoms. The van der Waals surface area contributed by atoms with Gasteiger partial charge in [-0.1, -0.05) is 6.92 Å². The number of aromatic hydroxyl groups is 1. The van der Waals surface area contributed by atoms with Gasteiger partial charge in [0.2, 0.25) is 10.0 Å². The normalized spacial score (nSPS) is 11.3. The molecule has 0 fully saturated rings. The van der Waals surface area contributed by atoms with Gasteiger partial charge in [-0.05, 0) is 30.7 Å². The van der Waals surface area contributed by atoms with Gasteiger partial charge in [0.15, 0.2) is 0 Å². The lowest BCUT2D eigenvalue weighted by Crippen LogP contribution is -2.34. The van der Waals surface area contributed by atoms with Gasteiger partial charge in [0.05, 0.1) is 5.75 Å². The van der Waals surface area contributed by atoms with Crippen molar-refractivity contribution in [1.82, 2.24) is 10.0 Å². The Hall–Kier alpha value is -1.60. The molecule has 0 spiro atoms. The largest absolute Gasteiger partial charge is 0.508 e. The highest BCUT2D eigenvalue weighted by Crippen LogP contribution is 2.15. The molecule has 0 radical (unpaired) electrons. The highest BCUT2D eigenvalue weighted by Gasteiger charge is 2.12. The Morgan fingerprint density at radius 2 is 2.05 bits per heavy atom. The van der Waals surface area contributed by atoms with Gasteiger partial charge >= 0.3 is 0 Å². The number of carbonyl (C=O) groups excluding carboxylic acids is 1. The number of benzene rings is 1. The Labute approximate surface area is 112 Å². The molecule has 0 saturated heterocycles. The van der Waals surface area contributed by atoms with Crippen LogP contribution in [-0.4, -0.2) is 38.3 Å². The second-order valence-electron chi connectivity index (χ2n) is 4.07. The third kappa shape index (κ3) is 4.88. The molecule has 1 amide bonds. The predicted octanol–water partition coefficient (Wildman–Crippen LogP) is 0.370. The lowest BCUT2D eigenvalue weighted by atomic mass is 10.1. The quantitative estimate of drug-likeness (QED) is 0.704. The Morgan fingerprint density at radius 3 is 2.63 bits per heavy atom. The molecule has 0 aliphatic carbocycles.